The van der Waals surface area contributed by atoms with E-state index < -0.39 is 9.84 Å². The smallest absolute Gasteiger partial charge is 0.175 e. The van der Waals surface area contributed by atoms with Crippen molar-refractivity contribution in [2.75, 3.05) is 6.26 Å². The molecule has 136 valence electrons. The van der Waals surface area contributed by atoms with Gasteiger partial charge in [0.1, 0.15) is 0 Å². The zero-order chi connectivity index (χ0) is 18.7. The lowest BCUT2D eigenvalue weighted by Crippen LogP contribution is -1.97. The summed E-state index contributed by atoms with van der Waals surface area (Å²) in [5.41, 5.74) is 3.78. The molecule has 0 heterocycles. The zero-order valence-electron chi connectivity index (χ0n) is 15.3. The first kappa shape index (κ1) is 20.0. The van der Waals surface area contributed by atoms with Crippen molar-refractivity contribution in [1.82, 2.24) is 0 Å². The van der Waals surface area contributed by atoms with E-state index in [1.165, 1.54) is 17.4 Å². The zero-order valence-corrected chi connectivity index (χ0v) is 16.8. The van der Waals surface area contributed by atoms with Crippen LogP contribution in [-0.4, -0.2) is 19.5 Å². The third-order valence-electron chi connectivity index (χ3n) is 4.75. The van der Waals surface area contributed by atoms with Crippen LogP contribution in [0, 0.1) is 5.92 Å². The number of halogens is 1. The largest absolute Gasteiger partial charge is 0.224 e. The Morgan fingerprint density at radius 3 is 2.36 bits per heavy atom. The summed E-state index contributed by atoms with van der Waals surface area (Å²) in [4.78, 5) is 0.125. The molecular formula is C21H27ClO2S. The summed E-state index contributed by atoms with van der Waals surface area (Å²) in [5.74, 6) is 0.378. The molecule has 2 aliphatic rings. The first-order valence-corrected chi connectivity index (χ1v) is 11.1. The van der Waals surface area contributed by atoms with Crippen molar-refractivity contribution in [2.45, 2.75) is 49.3 Å². The number of alkyl halides is 1. The molecule has 1 aromatic rings. The van der Waals surface area contributed by atoms with Gasteiger partial charge in [0.15, 0.2) is 9.84 Å². The van der Waals surface area contributed by atoms with Crippen molar-refractivity contribution in [3.8, 4) is 0 Å². The average molecular weight is 379 g/mol. The van der Waals surface area contributed by atoms with Gasteiger partial charge in [-0.05, 0) is 54.5 Å². The van der Waals surface area contributed by atoms with Crippen molar-refractivity contribution in [3.05, 3.63) is 60.2 Å². The maximum atomic E-state index is 11.6. The van der Waals surface area contributed by atoms with Crippen LogP contribution in [0.1, 0.15) is 45.1 Å². The molecular weight excluding hydrogens is 352 g/mol. The molecule has 2 atom stereocenters. The van der Waals surface area contributed by atoms with Crippen LogP contribution in [0.3, 0.4) is 0 Å². The van der Waals surface area contributed by atoms with Crippen LogP contribution in [0.25, 0.3) is 5.57 Å². The molecule has 0 radical (unpaired) electrons. The molecule has 0 bridgehead atoms. The van der Waals surface area contributed by atoms with E-state index in [2.05, 4.69) is 18.7 Å². The third-order valence-corrected chi connectivity index (χ3v) is 6.47. The molecule has 25 heavy (non-hydrogen) atoms. The molecule has 0 aromatic heterocycles. The summed E-state index contributed by atoms with van der Waals surface area (Å²) in [7, 11) is -3.14. The van der Waals surface area contributed by atoms with E-state index in [0.29, 0.717) is 10.8 Å². The lowest BCUT2D eigenvalue weighted by molar-refractivity contribution is 0.602. The first-order chi connectivity index (χ1) is 11.8. The fraction of sp³-hybridized carbons (Fsp3) is 0.429. The van der Waals surface area contributed by atoms with Gasteiger partial charge in [-0.3, -0.25) is 0 Å². The van der Waals surface area contributed by atoms with E-state index in [0.717, 1.165) is 31.2 Å². The van der Waals surface area contributed by atoms with Crippen molar-refractivity contribution in [1.29, 1.82) is 0 Å². The molecule has 3 rings (SSSR count). The van der Waals surface area contributed by atoms with Crippen LogP contribution in [0.4, 0.5) is 0 Å². The van der Waals surface area contributed by atoms with E-state index in [9.17, 15) is 8.42 Å². The van der Waals surface area contributed by atoms with E-state index in [-0.39, 0.29) is 4.87 Å². The first-order valence-electron chi connectivity index (χ1n) is 8.87. The highest BCUT2D eigenvalue weighted by atomic mass is 35.5. The fourth-order valence-electron chi connectivity index (χ4n) is 3.16. The number of benzene rings is 1. The predicted molar refractivity (Wildman–Crippen MR) is 108 cm³/mol. The Kier molecular flexibility index (Phi) is 6.34. The van der Waals surface area contributed by atoms with E-state index >= 15 is 0 Å². The van der Waals surface area contributed by atoms with E-state index in [1.54, 1.807) is 12.1 Å². The SMILES string of the molecule is C=CC1(Cl)CC1/C=C/C1=C(c2ccc(S(C)(=O)=O)cc2)CCC1.CC. The number of rotatable bonds is 5. The topological polar surface area (TPSA) is 34.1 Å². The maximum Gasteiger partial charge on any atom is 0.175 e. The molecule has 2 unspecified atom stereocenters. The highest BCUT2D eigenvalue weighted by molar-refractivity contribution is 7.90. The van der Waals surface area contributed by atoms with Gasteiger partial charge in [-0.25, -0.2) is 8.42 Å². The number of sulfone groups is 1. The van der Waals surface area contributed by atoms with Crippen molar-refractivity contribution < 1.29 is 8.42 Å². The minimum absolute atomic E-state index is 0.243. The van der Waals surface area contributed by atoms with E-state index in [4.69, 9.17) is 11.6 Å². The third kappa shape index (κ3) is 4.65. The van der Waals surface area contributed by atoms with Gasteiger partial charge in [0.05, 0.1) is 9.77 Å². The van der Waals surface area contributed by atoms with Crippen LogP contribution in [-0.2, 0) is 9.84 Å². The second kappa shape index (κ2) is 7.92. The van der Waals surface area contributed by atoms with Gasteiger partial charge in [-0.2, -0.15) is 0 Å². The van der Waals surface area contributed by atoms with Gasteiger partial charge < -0.3 is 0 Å². The Morgan fingerprint density at radius 1 is 1.20 bits per heavy atom. The number of hydrogen-bond donors (Lipinski definition) is 0. The van der Waals surface area contributed by atoms with Crippen molar-refractivity contribution in [2.24, 2.45) is 5.92 Å². The lowest BCUT2D eigenvalue weighted by atomic mass is 10.0. The van der Waals surface area contributed by atoms with Crippen LogP contribution < -0.4 is 0 Å². The molecule has 0 amide bonds. The van der Waals surface area contributed by atoms with Gasteiger partial charge in [0.25, 0.3) is 0 Å². The molecule has 1 aromatic carbocycles. The fourth-order valence-corrected chi connectivity index (χ4v) is 4.03. The Labute approximate surface area is 157 Å². The van der Waals surface area contributed by atoms with Crippen molar-refractivity contribution in [3.63, 3.8) is 0 Å². The van der Waals surface area contributed by atoms with E-state index in [1.807, 2.05) is 32.1 Å². The molecule has 0 saturated heterocycles. The standard InChI is InChI=1S/C19H21ClO2S.C2H6/c1-3-19(20)13-16(19)10-7-14-5-4-6-18(14)15-8-11-17(12-9-15)23(2,21)22;1-2/h3,7-12,16H,1,4-6,13H2,2H3;1-2H3/b10-7+;. The monoisotopic (exact) mass is 378 g/mol. The van der Waals surface area contributed by atoms with Gasteiger partial charge >= 0.3 is 0 Å². The molecule has 0 N–H and O–H groups in total. The average Bonchev–Trinajstić information content (AvgIpc) is 3.04. The Bertz CT molecular complexity index is 788. The van der Waals surface area contributed by atoms with Crippen LogP contribution >= 0.6 is 11.6 Å². The number of allylic oxidation sites excluding steroid dienone is 5. The summed E-state index contributed by atoms with van der Waals surface area (Å²) in [6.45, 7) is 7.79. The lowest BCUT2D eigenvalue weighted by Gasteiger charge is -2.06. The molecule has 2 aliphatic carbocycles. The molecule has 1 fully saturated rings. The second-order valence-corrected chi connectivity index (χ2v) is 9.17. The molecule has 0 aliphatic heterocycles. The van der Waals surface area contributed by atoms with Gasteiger partial charge in [0, 0.05) is 12.2 Å². The summed E-state index contributed by atoms with van der Waals surface area (Å²) < 4.78 is 23.1. The van der Waals surface area contributed by atoms with Crippen LogP contribution in [0.15, 0.2) is 59.5 Å². The Morgan fingerprint density at radius 2 is 1.84 bits per heavy atom. The molecule has 0 spiro atoms. The van der Waals surface area contributed by atoms with Gasteiger partial charge in [-0.1, -0.05) is 44.2 Å². The van der Waals surface area contributed by atoms with Crippen LogP contribution in [0.2, 0.25) is 0 Å². The summed E-state index contributed by atoms with van der Waals surface area (Å²) in [6, 6.07) is 7.22. The normalized spacial score (nSPS) is 25.7. The highest BCUT2D eigenvalue weighted by Crippen LogP contribution is 2.51. The summed E-state index contributed by atoms with van der Waals surface area (Å²) >= 11 is 6.35. The Hall–Kier alpha value is -1.32. The molecule has 4 heteroatoms. The van der Waals surface area contributed by atoms with Crippen molar-refractivity contribution >= 4 is 27.0 Å². The minimum Gasteiger partial charge on any atom is -0.224 e. The quantitative estimate of drug-likeness (QED) is 0.479. The second-order valence-electron chi connectivity index (χ2n) is 6.45. The predicted octanol–water partition coefficient (Wildman–Crippen LogP) is 5.79. The highest BCUT2D eigenvalue weighted by Gasteiger charge is 2.48. The van der Waals surface area contributed by atoms with Gasteiger partial charge in [-0.15, -0.1) is 18.2 Å². The van der Waals surface area contributed by atoms with Crippen LogP contribution in [0.5, 0.6) is 0 Å². The summed E-state index contributed by atoms with van der Waals surface area (Å²) in [5, 5.41) is 0. The van der Waals surface area contributed by atoms with Gasteiger partial charge in [0.2, 0.25) is 0 Å². The molecule has 2 nitrogen and oxygen atoms in total. The number of hydrogen-bond acceptors (Lipinski definition) is 2. The summed E-state index contributed by atoms with van der Waals surface area (Å²) in [6.07, 6.45) is 11.7. The Balaban J connectivity index is 0.00000109. The maximum absolute atomic E-state index is 11.6. The minimum atomic E-state index is -3.14. The molecule has 1 saturated carbocycles.